The highest BCUT2D eigenvalue weighted by Crippen LogP contribution is 2.69. The fourth-order valence-electron chi connectivity index (χ4n) is 3.85. The van der Waals surface area contributed by atoms with Crippen LogP contribution in [0.1, 0.15) is 41.0 Å². The molecule has 2 bridgehead atoms. The summed E-state index contributed by atoms with van der Waals surface area (Å²) in [6, 6.07) is 0. The van der Waals surface area contributed by atoms with E-state index in [-0.39, 0.29) is 23.3 Å². The zero-order valence-corrected chi connectivity index (χ0v) is 11.6. The van der Waals surface area contributed by atoms with Crippen LogP contribution in [0.5, 0.6) is 0 Å². The van der Waals surface area contributed by atoms with E-state index in [0.29, 0.717) is 0 Å². The number of rotatable bonds is 4. The van der Waals surface area contributed by atoms with Gasteiger partial charge in [0.15, 0.2) is 5.69 Å². The monoisotopic (exact) mass is 304 g/mol. The van der Waals surface area contributed by atoms with Gasteiger partial charge in [0, 0.05) is 13.7 Å². The first-order valence-electron chi connectivity index (χ1n) is 6.55. The molecule has 116 valence electrons. The molecule has 4 rings (SSSR count). The molecule has 3 fully saturated rings. The van der Waals surface area contributed by atoms with Crippen LogP contribution < -0.4 is 0 Å². The highest BCUT2D eigenvalue weighted by Gasteiger charge is 2.68. The largest absolute Gasteiger partial charge is 0.477 e. The Morgan fingerprint density at radius 1 is 1.43 bits per heavy atom. The Morgan fingerprint density at radius 2 is 2.00 bits per heavy atom. The van der Waals surface area contributed by atoms with Crippen LogP contribution in [0, 0.1) is 12.3 Å². The van der Waals surface area contributed by atoms with Crippen LogP contribution in [0.4, 0.5) is 13.2 Å². The third kappa shape index (κ3) is 1.96. The van der Waals surface area contributed by atoms with Crippen molar-refractivity contribution in [3.8, 4) is 0 Å². The molecule has 1 aromatic heterocycles. The van der Waals surface area contributed by atoms with Gasteiger partial charge in [-0.2, -0.15) is 18.3 Å². The van der Waals surface area contributed by atoms with Crippen molar-refractivity contribution in [2.75, 3.05) is 7.11 Å². The zero-order valence-electron chi connectivity index (χ0n) is 11.6. The number of aromatic nitrogens is 2. The highest BCUT2D eigenvalue weighted by molar-refractivity contribution is 5.88. The van der Waals surface area contributed by atoms with Gasteiger partial charge < -0.3 is 9.84 Å². The van der Waals surface area contributed by atoms with Crippen molar-refractivity contribution in [1.29, 1.82) is 0 Å². The third-order valence-corrected chi connectivity index (χ3v) is 4.62. The molecule has 3 aliphatic carbocycles. The lowest BCUT2D eigenvalue weighted by Gasteiger charge is -2.69. The minimum atomic E-state index is -4.72. The van der Waals surface area contributed by atoms with Crippen LogP contribution in [0.15, 0.2) is 0 Å². The minimum absolute atomic E-state index is 0.140. The number of hydrogen-bond donors (Lipinski definition) is 1. The summed E-state index contributed by atoms with van der Waals surface area (Å²) in [5.41, 5.74) is -2.52. The summed E-state index contributed by atoms with van der Waals surface area (Å²) in [4.78, 5) is 11.2. The normalized spacial score (nSPS) is 30.7. The van der Waals surface area contributed by atoms with Crippen LogP contribution >= 0.6 is 0 Å². The van der Waals surface area contributed by atoms with Gasteiger partial charge in [-0.05, 0) is 31.6 Å². The first-order valence-corrected chi connectivity index (χ1v) is 6.55. The molecule has 0 aliphatic heterocycles. The molecular weight excluding hydrogens is 289 g/mol. The fourth-order valence-corrected chi connectivity index (χ4v) is 3.85. The standard InChI is InChI=1S/C13H15F3N2O3/c1-7-8(13(14,15)16)9(10(19)20)18(17-7)6-11-3-12(4-11,5-11)21-2/h3-6H2,1-2H3,(H,19,20). The maximum atomic E-state index is 13.0. The summed E-state index contributed by atoms with van der Waals surface area (Å²) in [5.74, 6) is -1.60. The summed E-state index contributed by atoms with van der Waals surface area (Å²) >= 11 is 0. The van der Waals surface area contributed by atoms with Crippen LogP contribution in [0.25, 0.3) is 0 Å². The second-order valence-corrected chi connectivity index (χ2v) is 6.19. The van der Waals surface area contributed by atoms with Crippen LogP contribution in [-0.2, 0) is 17.5 Å². The molecule has 5 nitrogen and oxygen atoms in total. The van der Waals surface area contributed by atoms with Gasteiger partial charge in [-0.1, -0.05) is 0 Å². The number of nitrogens with zero attached hydrogens (tertiary/aromatic N) is 2. The molecule has 8 heteroatoms. The van der Waals surface area contributed by atoms with Crippen molar-refractivity contribution in [3.63, 3.8) is 0 Å². The van der Waals surface area contributed by atoms with Crippen molar-refractivity contribution in [3.05, 3.63) is 17.0 Å². The van der Waals surface area contributed by atoms with Crippen molar-refractivity contribution >= 4 is 5.97 Å². The van der Waals surface area contributed by atoms with Gasteiger partial charge in [-0.25, -0.2) is 4.79 Å². The number of carbonyl (C=O) groups is 1. The smallest absolute Gasteiger partial charge is 0.420 e. The second-order valence-electron chi connectivity index (χ2n) is 6.19. The maximum absolute atomic E-state index is 13.0. The van der Waals surface area contributed by atoms with E-state index in [1.807, 2.05) is 0 Å². The van der Waals surface area contributed by atoms with Gasteiger partial charge in [-0.3, -0.25) is 4.68 Å². The molecule has 1 N–H and O–H groups in total. The molecule has 0 aromatic carbocycles. The van der Waals surface area contributed by atoms with Gasteiger partial charge in [0.25, 0.3) is 0 Å². The molecule has 0 atom stereocenters. The molecule has 3 aliphatic rings. The molecule has 1 aromatic rings. The number of carboxylic acid groups (broad SMARTS) is 1. The molecule has 0 spiro atoms. The molecule has 3 saturated carbocycles. The quantitative estimate of drug-likeness (QED) is 0.928. The summed E-state index contributed by atoms with van der Waals surface area (Å²) in [5, 5.41) is 12.9. The third-order valence-electron chi connectivity index (χ3n) is 4.62. The van der Waals surface area contributed by atoms with E-state index >= 15 is 0 Å². The fraction of sp³-hybridized carbons (Fsp3) is 0.692. The topological polar surface area (TPSA) is 64.4 Å². The van der Waals surface area contributed by atoms with Gasteiger partial charge in [-0.15, -0.1) is 0 Å². The number of halogens is 3. The van der Waals surface area contributed by atoms with Gasteiger partial charge in [0.2, 0.25) is 0 Å². The van der Waals surface area contributed by atoms with E-state index in [1.54, 1.807) is 7.11 Å². The van der Waals surface area contributed by atoms with Crippen molar-refractivity contribution in [1.82, 2.24) is 9.78 Å². The Balaban J connectivity index is 1.92. The van der Waals surface area contributed by atoms with E-state index in [2.05, 4.69) is 5.10 Å². The Labute approximate surface area is 118 Å². The van der Waals surface area contributed by atoms with Crippen molar-refractivity contribution in [2.45, 2.75) is 44.5 Å². The van der Waals surface area contributed by atoms with Crippen LogP contribution in [0.3, 0.4) is 0 Å². The molecule has 0 radical (unpaired) electrons. The molecule has 0 unspecified atom stereocenters. The number of alkyl halides is 3. The summed E-state index contributed by atoms with van der Waals surface area (Å²) in [6.07, 6.45) is -2.48. The van der Waals surface area contributed by atoms with E-state index in [4.69, 9.17) is 9.84 Å². The van der Waals surface area contributed by atoms with Gasteiger partial charge >= 0.3 is 12.1 Å². The predicted octanol–water partition coefficient (Wildman–Crippen LogP) is 2.48. The number of carboxylic acids is 1. The van der Waals surface area contributed by atoms with E-state index < -0.39 is 23.4 Å². The van der Waals surface area contributed by atoms with E-state index in [1.165, 1.54) is 6.92 Å². The molecule has 1 heterocycles. The van der Waals surface area contributed by atoms with Crippen molar-refractivity contribution in [2.24, 2.45) is 5.41 Å². The van der Waals surface area contributed by atoms with E-state index in [9.17, 15) is 18.0 Å². The molecule has 0 saturated heterocycles. The molecule has 21 heavy (non-hydrogen) atoms. The number of aromatic carboxylic acids is 1. The predicted molar refractivity (Wildman–Crippen MR) is 64.9 cm³/mol. The Bertz CT molecular complexity index is 601. The second kappa shape index (κ2) is 4.00. The Kier molecular flexibility index (Phi) is 2.73. The number of aryl methyl sites for hydroxylation is 1. The van der Waals surface area contributed by atoms with Gasteiger partial charge in [0.1, 0.15) is 5.56 Å². The number of methoxy groups -OCH3 is 1. The van der Waals surface area contributed by atoms with E-state index in [0.717, 1.165) is 23.9 Å². The Morgan fingerprint density at radius 3 is 2.43 bits per heavy atom. The number of hydrogen-bond acceptors (Lipinski definition) is 3. The van der Waals surface area contributed by atoms with Gasteiger partial charge in [0.05, 0.1) is 11.3 Å². The van der Waals surface area contributed by atoms with Crippen LogP contribution in [0.2, 0.25) is 0 Å². The maximum Gasteiger partial charge on any atom is 0.420 e. The molecular formula is C13H15F3N2O3. The SMILES string of the molecule is COC12CC(Cn3nc(C)c(C(F)(F)F)c3C(=O)O)(C1)C2. The van der Waals surface area contributed by atoms with Crippen LogP contribution in [-0.4, -0.2) is 33.6 Å². The minimum Gasteiger partial charge on any atom is -0.477 e. The zero-order chi connectivity index (χ0) is 15.6. The summed E-state index contributed by atoms with van der Waals surface area (Å²) in [6.45, 7) is 1.38. The number of ether oxygens (including phenoxy) is 1. The first kappa shape index (κ1) is 14.4. The lowest BCUT2D eigenvalue weighted by molar-refractivity contribution is -0.280. The molecule has 0 amide bonds. The average Bonchev–Trinajstić information content (AvgIpc) is 2.57. The lowest BCUT2D eigenvalue weighted by Crippen LogP contribution is -2.69. The first-order chi connectivity index (χ1) is 9.61. The average molecular weight is 304 g/mol. The summed E-state index contributed by atoms with van der Waals surface area (Å²) in [7, 11) is 1.62. The Hall–Kier alpha value is -1.57. The lowest BCUT2D eigenvalue weighted by atomic mass is 9.41. The van der Waals surface area contributed by atoms with Crippen molar-refractivity contribution < 1.29 is 27.8 Å². The highest BCUT2D eigenvalue weighted by atomic mass is 19.4. The summed E-state index contributed by atoms with van der Waals surface area (Å²) < 4.78 is 45.3.